The Hall–Kier alpha value is -7.60. The zero-order valence-electron chi connectivity index (χ0n) is 31.9. The third-order valence-electron chi connectivity index (χ3n) is 11.5. The van der Waals surface area contributed by atoms with Crippen LogP contribution in [0.5, 0.6) is 0 Å². The molecule has 0 aliphatic rings. The molecule has 3 heterocycles. The molecule has 57 heavy (non-hydrogen) atoms. The molecule has 10 aromatic rings. The van der Waals surface area contributed by atoms with Gasteiger partial charge in [0.05, 0.1) is 51.2 Å². The van der Waals surface area contributed by atoms with Crippen LogP contribution in [0, 0.1) is 22.7 Å². The van der Waals surface area contributed by atoms with Crippen LogP contribution < -0.4 is 0 Å². The highest BCUT2D eigenvalue weighted by molar-refractivity contribution is 6.24. The molecule has 3 aromatic heterocycles. The van der Waals surface area contributed by atoms with Crippen LogP contribution in [0.2, 0.25) is 0 Å². The van der Waals surface area contributed by atoms with Crippen molar-refractivity contribution in [3.8, 4) is 23.3 Å². The van der Waals surface area contributed by atoms with Crippen LogP contribution in [0.15, 0.2) is 164 Å². The maximum atomic E-state index is 10.3. The van der Waals surface area contributed by atoms with Crippen molar-refractivity contribution in [2.24, 2.45) is 0 Å². The lowest BCUT2D eigenvalue weighted by molar-refractivity contribution is 0.591. The van der Waals surface area contributed by atoms with Crippen molar-refractivity contribution in [2.75, 3.05) is 0 Å². The monoisotopic (exact) mass is 731 g/mol. The number of aromatic nitrogens is 3. The van der Waals surface area contributed by atoms with Gasteiger partial charge in [-0.25, -0.2) is 0 Å². The van der Waals surface area contributed by atoms with E-state index in [-0.39, 0.29) is 11.0 Å². The molecule has 0 saturated heterocycles. The Morgan fingerprint density at radius 3 is 1.89 bits per heavy atom. The molecule has 0 unspecified atom stereocenters. The van der Waals surface area contributed by atoms with E-state index in [2.05, 4.69) is 174 Å². The first-order chi connectivity index (χ1) is 27.7. The summed E-state index contributed by atoms with van der Waals surface area (Å²) in [4.78, 5) is 3.57. The molecule has 0 spiro atoms. The summed E-state index contributed by atoms with van der Waals surface area (Å²) in [5, 5.41) is 29.2. The predicted octanol–water partition coefficient (Wildman–Crippen LogP) is 13.6. The molecular weight excluding hydrogens is 695 g/mol. The summed E-state index contributed by atoms with van der Waals surface area (Å²) in [5.41, 5.74) is 11.3. The Kier molecular flexibility index (Phi) is 7.58. The Bertz CT molecular complexity index is 3430. The summed E-state index contributed by atoms with van der Waals surface area (Å²) in [6.45, 7) is 11.5. The number of nitriles is 2. The third kappa shape index (κ3) is 5.29. The highest BCUT2D eigenvalue weighted by Crippen LogP contribution is 2.43. The van der Waals surface area contributed by atoms with Gasteiger partial charge in [0.25, 0.3) is 0 Å². The molecule has 1 N–H and O–H groups in total. The summed E-state index contributed by atoms with van der Waals surface area (Å²) in [6.07, 6.45) is 3.11. The molecule has 5 heteroatoms. The standard InChI is InChI=1S/C52H37N5/c1-32(56-46-15-9-6-12-39(46)40-13-7-10-16-47(40)56)50(27-33(31-54)25-26-53)57-48-24-21-37(52(2,3)4)30-43(48)51-41-28-35(18-17-34(41)20-23-49(51)57)36-19-22-45-42(29-36)38-11-5-8-14-44(38)55-45/h5-25,27-30,55H,1H2,2-4H3/b33-25-,50-27+. The zero-order chi connectivity index (χ0) is 39.0. The van der Waals surface area contributed by atoms with Crippen LogP contribution in [0.3, 0.4) is 0 Å². The molecule has 270 valence electrons. The van der Waals surface area contributed by atoms with E-state index in [0.717, 1.165) is 76.5 Å². The number of benzene rings is 7. The fourth-order valence-corrected chi connectivity index (χ4v) is 8.70. The number of hydrogen-bond donors (Lipinski definition) is 1. The van der Waals surface area contributed by atoms with Gasteiger partial charge in [-0.2, -0.15) is 10.5 Å². The molecule has 7 aromatic carbocycles. The van der Waals surface area contributed by atoms with Crippen molar-refractivity contribution >= 4 is 87.6 Å². The lowest BCUT2D eigenvalue weighted by Gasteiger charge is -2.20. The summed E-state index contributed by atoms with van der Waals surface area (Å²) >= 11 is 0. The maximum absolute atomic E-state index is 10.3. The molecule has 10 rings (SSSR count). The summed E-state index contributed by atoms with van der Waals surface area (Å²) in [7, 11) is 0. The number of para-hydroxylation sites is 3. The second-order valence-electron chi connectivity index (χ2n) is 15.8. The summed E-state index contributed by atoms with van der Waals surface area (Å²) in [5.74, 6) is 0. The van der Waals surface area contributed by atoms with Crippen molar-refractivity contribution in [3.05, 3.63) is 169 Å². The number of aromatic amines is 1. The first-order valence-electron chi connectivity index (χ1n) is 19.2. The average Bonchev–Trinajstić information content (AvgIpc) is 3.89. The molecule has 0 atom stereocenters. The molecule has 5 nitrogen and oxygen atoms in total. The second-order valence-corrected chi connectivity index (χ2v) is 15.8. The van der Waals surface area contributed by atoms with E-state index in [1.54, 1.807) is 0 Å². The Morgan fingerprint density at radius 2 is 1.19 bits per heavy atom. The van der Waals surface area contributed by atoms with Crippen LogP contribution in [0.4, 0.5) is 0 Å². The van der Waals surface area contributed by atoms with E-state index < -0.39 is 0 Å². The fraction of sp³-hybridized carbons (Fsp3) is 0.0769. The van der Waals surface area contributed by atoms with Gasteiger partial charge in [-0.3, -0.25) is 0 Å². The first-order valence-corrected chi connectivity index (χ1v) is 19.2. The van der Waals surface area contributed by atoms with Crippen molar-refractivity contribution < 1.29 is 0 Å². The van der Waals surface area contributed by atoms with Crippen molar-refractivity contribution in [2.45, 2.75) is 26.2 Å². The number of hydrogen-bond acceptors (Lipinski definition) is 2. The summed E-state index contributed by atoms with van der Waals surface area (Å²) < 4.78 is 4.41. The Labute approximate surface area is 329 Å². The van der Waals surface area contributed by atoms with Gasteiger partial charge in [-0.1, -0.05) is 112 Å². The predicted molar refractivity (Wildman–Crippen MR) is 239 cm³/mol. The topological polar surface area (TPSA) is 73.2 Å². The smallest absolute Gasteiger partial charge is 0.0999 e. The number of nitrogens with zero attached hydrogens (tertiary/aromatic N) is 4. The van der Waals surface area contributed by atoms with Gasteiger partial charge in [0.2, 0.25) is 0 Å². The maximum Gasteiger partial charge on any atom is 0.0999 e. The van der Waals surface area contributed by atoms with Crippen LogP contribution in [0.1, 0.15) is 26.3 Å². The summed E-state index contributed by atoms with van der Waals surface area (Å²) in [6, 6.07) is 54.0. The fourth-order valence-electron chi connectivity index (χ4n) is 8.70. The van der Waals surface area contributed by atoms with E-state index >= 15 is 0 Å². The molecule has 0 aliphatic heterocycles. The lowest BCUT2D eigenvalue weighted by Crippen LogP contribution is -2.10. The van der Waals surface area contributed by atoms with Gasteiger partial charge in [-0.15, -0.1) is 0 Å². The first kappa shape index (κ1) is 33.9. The van der Waals surface area contributed by atoms with Gasteiger partial charge in [0.1, 0.15) is 0 Å². The van der Waals surface area contributed by atoms with E-state index in [1.807, 2.05) is 18.2 Å². The van der Waals surface area contributed by atoms with Crippen molar-refractivity contribution in [1.29, 1.82) is 10.5 Å². The number of rotatable bonds is 5. The van der Waals surface area contributed by atoms with Gasteiger partial charge >= 0.3 is 0 Å². The minimum Gasteiger partial charge on any atom is -0.355 e. The largest absolute Gasteiger partial charge is 0.355 e. The van der Waals surface area contributed by atoms with E-state index in [4.69, 9.17) is 6.58 Å². The van der Waals surface area contributed by atoms with E-state index in [1.165, 1.54) is 22.4 Å². The normalized spacial score (nSPS) is 12.7. The van der Waals surface area contributed by atoms with Gasteiger partial charge in [-0.05, 0) is 93.6 Å². The number of nitrogens with one attached hydrogen (secondary N) is 1. The lowest BCUT2D eigenvalue weighted by atomic mass is 9.86. The number of fused-ring (bicyclic) bond motifs is 11. The SMILES string of the molecule is C=C(/C(=C\C(C#N)=C\C#N)n1c2ccc(C(C)(C)C)cc2c2c3cc(-c4ccc5[nH]c6ccccc6c5c4)ccc3ccc21)n1c2ccccc2c2ccccc21. The van der Waals surface area contributed by atoms with Gasteiger partial charge in [0.15, 0.2) is 0 Å². The molecule has 0 aliphatic carbocycles. The van der Waals surface area contributed by atoms with Gasteiger partial charge < -0.3 is 14.1 Å². The molecule has 0 amide bonds. The highest BCUT2D eigenvalue weighted by atomic mass is 15.1. The molecule has 0 saturated carbocycles. The minimum atomic E-state index is -0.0954. The highest BCUT2D eigenvalue weighted by Gasteiger charge is 2.24. The second kappa shape index (κ2) is 12.7. The van der Waals surface area contributed by atoms with Crippen LogP contribution in [-0.2, 0) is 5.41 Å². The minimum absolute atomic E-state index is 0.0954. The van der Waals surface area contributed by atoms with E-state index in [9.17, 15) is 10.5 Å². The van der Waals surface area contributed by atoms with Crippen LogP contribution in [0.25, 0.3) is 98.7 Å². The Morgan fingerprint density at radius 1 is 0.596 bits per heavy atom. The quantitative estimate of drug-likeness (QED) is 0.141. The van der Waals surface area contributed by atoms with E-state index in [0.29, 0.717) is 11.4 Å². The molecule has 0 bridgehead atoms. The number of H-pyrrole nitrogens is 1. The number of allylic oxidation sites excluding steroid dienone is 5. The third-order valence-corrected chi connectivity index (χ3v) is 11.5. The zero-order valence-corrected chi connectivity index (χ0v) is 31.9. The Balaban J connectivity index is 1.29. The van der Waals surface area contributed by atoms with Crippen molar-refractivity contribution in [3.63, 3.8) is 0 Å². The average molecular weight is 732 g/mol. The molecular formula is C52H37N5. The van der Waals surface area contributed by atoms with Gasteiger partial charge in [0, 0.05) is 49.4 Å². The van der Waals surface area contributed by atoms with Crippen LogP contribution in [-0.4, -0.2) is 14.1 Å². The molecule has 0 fully saturated rings. The van der Waals surface area contributed by atoms with Crippen LogP contribution >= 0.6 is 0 Å². The molecule has 0 radical (unpaired) electrons. The van der Waals surface area contributed by atoms with Crippen molar-refractivity contribution in [1.82, 2.24) is 14.1 Å².